The summed E-state index contributed by atoms with van der Waals surface area (Å²) in [5, 5.41) is 3.58. The van der Waals surface area contributed by atoms with Crippen molar-refractivity contribution in [3.05, 3.63) is 53.4 Å². The van der Waals surface area contributed by atoms with Crippen LogP contribution in [0.3, 0.4) is 0 Å². The van der Waals surface area contributed by atoms with Gasteiger partial charge in [0.2, 0.25) is 5.89 Å². The van der Waals surface area contributed by atoms with Gasteiger partial charge in [0.1, 0.15) is 11.3 Å². The van der Waals surface area contributed by atoms with Gasteiger partial charge >= 0.3 is 6.03 Å². The molecule has 1 saturated heterocycles. The van der Waals surface area contributed by atoms with Crippen molar-refractivity contribution in [1.82, 2.24) is 14.8 Å². The number of oxazole rings is 1. The predicted octanol–water partition coefficient (Wildman–Crippen LogP) is 4.23. The van der Waals surface area contributed by atoms with E-state index in [9.17, 15) is 4.79 Å². The number of piperazine rings is 1. The molecule has 1 aliphatic heterocycles. The number of amides is 2. The molecule has 4 rings (SSSR count). The van der Waals surface area contributed by atoms with E-state index in [-0.39, 0.29) is 6.03 Å². The van der Waals surface area contributed by atoms with Gasteiger partial charge in [-0.05, 0) is 49.4 Å². The van der Waals surface area contributed by atoms with Gasteiger partial charge < -0.3 is 19.4 Å². The summed E-state index contributed by atoms with van der Waals surface area (Å²) < 4.78 is 11.2. The molecule has 29 heavy (non-hydrogen) atoms. The Kier molecular flexibility index (Phi) is 5.87. The minimum atomic E-state index is -0.0923. The third-order valence-electron chi connectivity index (χ3n) is 4.83. The second kappa shape index (κ2) is 8.71. The highest BCUT2D eigenvalue weighted by molar-refractivity contribution is 6.31. The van der Waals surface area contributed by atoms with Crippen molar-refractivity contribution in [2.75, 3.05) is 38.1 Å². The van der Waals surface area contributed by atoms with Crippen molar-refractivity contribution in [1.29, 1.82) is 0 Å². The van der Waals surface area contributed by atoms with Gasteiger partial charge in [-0.1, -0.05) is 11.6 Å². The number of halogens is 1. The number of rotatable bonds is 5. The number of carbonyl (C=O) groups excluding carboxylic acids is 1. The van der Waals surface area contributed by atoms with Crippen LogP contribution in [-0.2, 0) is 6.54 Å². The predicted molar refractivity (Wildman–Crippen MR) is 112 cm³/mol. The molecule has 3 aromatic rings. The van der Waals surface area contributed by atoms with Crippen molar-refractivity contribution in [2.24, 2.45) is 0 Å². The van der Waals surface area contributed by atoms with E-state index in [0.717, 1.165) is 35.6 Å². The summed E-state index contributed by atoms with van der Waals surface area (Å²) in [5.74, 6) is 1.45. The lowest BCUT2D eigenvalue weighted by atomic mass is 10.3. The number of nitrogens with zero attached hydrogens (tertiary/aromatic N) is 3. The first kappa shape index (κ1) is 19.5. The van der Waals surface area contributed by atoms with E-state index in [1.807, 2.05) is 42.2 Å². The maximum absolute atomic E-state index is 12.5. The molecule has 152 valence electrons. The summed E-state index contributed by atoms with van der Waals surface area (Å²) in [6.07, 6.45) is 0. The molecular formula is C21H23ClN4O3. The fourth-order valence-corrected chi connectivity index (χ4v) is 3.49. The molecule has 1 N–H and O–H groups in total. The highest BCUT2D eigenvalue weighted by Gasteiger charge is 2.22. The van der Waals surface area contributed by atoms with Crippen LogP contribution in [0.15, 0.2) is 46.9 Å². The largest absolute Gasteiger partial charge is 0.494 e. The average Bonchev–Trinajstić information content (AvgIpc) is 3.11. The van der Waals surface area contributed by atoms with Gasteiger partial charge in [-0.15, -0.1) is 0 Å². The number of benzene rings is 2. The topological polar surface area (TPSA) is 70.8 Å². The summed E-state index contributed by atoms with van der Waals surface area (Å²) >= 11 is 6.00. The van der Waals surface area contributed by atoms with E-state index in [1.165, 1.54) is 0 Å². The molecule has 0 atom stereocenters. The van der Waals surface area contributed by atoms with Crippen LogP contribution >= 0.6 is 11.6 Å². The summed E-state index contributed by atoms with van der Waals surface area (Å²) in [7, 11) is 0. The van der Waals surface area contributed by atoms with E-state index >= 15 is 0 Å². The zero-order valence-corrected chi connectivity index (χ0v) is 17.0. The third-order valence-corrected chi connectivity index (χ3v) is 5.06. The number of aromatic nitrogens is 1. The van der Waals surface area contributed by atoms with Gasteiger partial charge in [0.05, 0.1) is 13.2 Å². The maximum Gasteiger partial charge on any atom is 0.321 e. The van der Waals surface area contributed by atoms with Crippen LogP contribution in [-0.4, -0.2) is 53.6 Å². The number of carbonyl (C=O) groups is 1. The molecule has 0 aliphatic carbocycles. The fourth-order valence-electron chi connectivity index (χ4n) is 3.32. The Morgan fingerprint density at radius 3 is 2.66 bits per heavy atom. The number of ether oxygens (including phenoxy) is 1. The quantitative estimate of drug-likeness (QED) is 0.676. The molecule has 0 unspecified atom stereocenters. The number of fused-ring (bicyclic) bond motifs is 1. The van der Waals surface area contributed by atoms with Crippen LogP contribution in [0.25, 0.3) is 11.1 Å². The molecular weight excluding hydrogens is 392 g/mol. The lowest BCUT2D eigenvalue weighted by molar-refractivity contribution is 0.136. The van der Waals surface area contributed by atoms with Gasteiger partial charge in [-0.25, -0.2) is 9.78 Å². The summed E-state index contributed by atoms with van der Waals surface area (Å²) in [5.41, 5.74) is 2.25. The number of anilines is 1. The summed E-state index contributed by atoms with van der Waals surface area (Å²) in [6.45, 7) is 5.99. The fraction of sp³-hybridized carbons (Fsp3) is 0.333. The normalized spacial score (nSPS) is 14.9. The second-order valence-corrected chi connectivity index (χ2v) is 7.31. The van der Waals surface area contributed by atoms with E-state index < -0.39 is 0 Å². The molecule has 7 nitrogen and oxygen atoms in total. The Labute approximate surface area is 174 Å². The summed E-state index contributed by atoms with van der Waals surface area (Å²) in [6, 6.07) is 12.7. The Hall–Kier alpha value is -2.77. The first-order chi connectivity index (χ1) is 14.1. The molecule has 0 spiro atoms. The molecule has 0 saturated carbocycles. The molecule has 8 heteroatoms. The van der Waals surface area contributed by atoms with Crippen molar-refractivity contribution >= 4 is 34.4 Å². The van der Waals surface area contributed by atoms with Crippen LogP contribution in [0.2, 0.25) is 5.02 Å². The van der Waals surface area contributed by atoms with Crippen LogP contribution < -0.4 is 10.1 Å². The Morgan fingerprint density at radius 1 is 1.17 bits per heavy atom. The molecule has 1 aliphatic rings. The lowest BCUT2D eigenvalue weighted by Crippen LogP contribution is -2.49. The second-order valence-electron chi connectivity index (χ2n) is 6.87. The third kappa shape index (κ3) is 4.81. The number of nitrogens with one attached hydrogen (secondary N) is 1. The maximum atomic E-state index is 12.5. The van der Waals surface area contributed by atoms with Crippen LogP contribution in [0.1, 0.15) is 12.8 Å². The molecule has 0 radical (unpaired) electrons. The van der Waals surface area contributed by atoms with Crippen LogP contribution in [0.4, 0.5) is 10.5 Å². The van der Waals surface area contributed by atoms with Gasteiger partial charge in [0.25, 0.3) is 0 Å². The zero-order chi connectivity index (χ0) is 20.2. The van der Waals surface area contributed by atoms with Gasteiger partial charge in [0.15, 0.2) is 5.58 Å². The minimum absolute atomic E-state index is 0.0923. The highest BCUT2D eigenvalue weighted by Crippen LogP contribution is 2.21. The van der Waals surface area contributed by atoms with Gasteiger partial charge in [-0.3, -0.25) is 4.90 Å². The zero-order valence-electron chi connectivity index (χ0n) is 16.2. The highest BCUT2D eigenvalue weighted by atomic mass is 35.5. The smallest absolute Gasteiger partial charge is 0.321 e. The summed E-state index contributed by atoms with van der Waals surface area (Å²) in [4.78, 5) is 21.1. The minimum Gasteiger partial charge on any atom is -0.494 e. The monoisotopic (exact) mass is 414 g/mol. The standard InChI is InChI=1S/C21H23ClN4O3/c1-2-28-17-6-4-16(5-7-17)23-21(27)26-11-9-25(10-12-26)14-20-24-18-13-15(22)3-8-19(18)29-20/h3-8,13H,2,9-12,14H2,1H3,(H,23,27). The average molecular weight is 415 g/mol. The molecule has 2 heterocycles. The number of urea groups is 1. The van der Waals surface area contributed by atoms with Gasteiger partial charge in [-0.2, -0.15) is 0 Å². The Balaban J connectivity index is 1.28. The Morgan fingerprint density at radius 2 is 1.93 bits per heavy atom. The van der Waals surface area contributed by atoms with E-state index in [2.05, 4.69) is 15.2 Å². The lowest BCUT2D eigenvalue weighted by Gasteiger charge is -2.34. The van der Waals surface area contributed by atoms with E-state index in [4.69, 9.17) is 20.8 Å². The number of hydrogen-bond acceptors (Lipinski definition) is 5. The van der Waals surface area contributed by atoms with Crippen molar-refractivity contribution in [3.63, 3.8) is 0 Å². The first-order valence-electron chi connectivity index (χ1n) is 9.67. The van der Waals surface area contributed by atoms with Crippen molar-refractivity contribution < 1.29 is 13.9 Å². The SMILES string of the molecule is CCOc1ccc(NC(=O)N2CCN(Cc3nc4cc(Cl)ccc4o3)CC2)cc1. The molecule has 2 aromatic carbocycles. The van der Waals surface area contributed by atoms with Crippen LogP contribution in [0, 0.1) is 0 Å². The molecule has 1 fully saturated rings. The van der Waals surface area contributed by atoms with Crippen LogP contribution in [0.5, 0.6) is 5.75 Å². The van der Waals surface area contributed by atoms with Crippen molar-refractivity contribution in [2.45, 2.75) is 13.5 Å². The van der Waals surface area contributed by atoms with Gasteiger partial charge in [0, 0.05) is 36.9 Å². The number of hydrogen-bond donors (Lipinski definition) is 1. The molecule has 2 amide bonds. The van der Waals surface area contributed by atoms with Crippen molar-refractivity contribution in [3.8, 4) is 5.75 Å². The Bertz CT molecular complexity index is 981. The molecule has 0 bridgehead atoms. The van der Waals surface area contributed by atoms with E-state index in [1.54, 1.807) is 12.1 Å². The molecule has 1 aromatic heterocycles. The first-order valence-corrected chi connectivity index (χ1v) is 10.0. The van der Waals surface area contributed by atoms with E-state index in [0.29, 0.717) is 37.2 Å².